The summed E-state index contributed by atoms with van der Waals surface area (Å²) in [5.41, 5.74) is 5.52. The molecule has 0 aliphatic heterocycles. The first-order valence-electron chi connectivity index (χ1n) is 5.94. The van der Waals surface area contributed by atoms with Crippen LogP contribution in [-0.2, 0) is 9.59 Å². The van der Waals surface area contributed by atoms with E-state index in [2.05, 4.69) is 5.32 Å². The second-order valence-electron chi connectivity index (χ2n) is 3.97. The minimum Gasteiger partial charge on any atom is -0.481 e. The van der Waals surface area contributed by atoms with Crippen molar-refractivity contribution in [3.05, 3.63) is 0 Å². The third kappa shape index (κ3) is 9.77. The number of aliphatic carboxylic acids is 1. The van der Waals surface area contributed by atoms with Gasteiger partial charge in [-0.2, -0.15) is 0 Å². The number of hydrogen-bond acceptors (Lipinski definition) is 4. The van der Waals surface area contributed by atoms with Crippen LogP contribution in [0.3, 0.4) is 0 Å². The number of rotatable bonds is 10. The Morgan fingerprint density at radius 1 is 1.18 bits per heavy atom. The Hall–Kier alpha value is -1.14. The van der Waals surface area contributed by atoms with Gasteiger partial charge in [0.15, 0.2) is 0 Å². The highest BCUT2D eigenvalue weighted by Crippen LogP contribution is 1.98. The fourth-order valence-corrected chi connectivity index (χ4v) is 1.34. The van der Waals surface area contributed by atoms with Crippen LogP contribution in [0.5, 0.6) is 0 Å². The molecule has 0 fully saturated rings. The van der Waals surface area contributed by atoms with E-state index in [0.717, 1.165) is 25.7 Å². The van der Waals surface area contributed by atoms with Crippen LogP contribution in [0.2, 0.25) is 0 Å². The lowest BCUT2D eigenvalue weighted by Crippen LogP contribution is -2.41. The summed E-state index contributed by atoms with van der Waals surface area (Å²) in [6, 6.07) is -0.747. The molecule has 6 nitrogen and oxygen atoms in total. The fourth-order valence-electron chi connectivity index (χ4n) is 1.34. The molecule has 0 aromatic carbocycles. The molecule has 0 aromatic rings. The summed E-state index contributed by atoms with van der Waals surface area (Å²) in [7, 11) is 0. The Morgan fingerprint density at radius 2 is 1.82 bits per heavy atom. The van der Waals surface area contributed by atoms with Gasteiger partial charge in [0.05, 0.1) is 6.04 Å². The topological polar surface area (TPSA) is 113 Å². The first-order valence-corrected chi connectivity index (χ1v) is 5.94. The van der Waals surface area contributed by atoms with Gasteiger partial charge in [-0.15, -0.1) is 0 Å². The summed E-state index contributed by atoms with van der Waals surface area (Å²) in [5, 5.41) is 19.7. The molecule has 1 atom stereocenters. The number of nitrogens with one attached hydrogen (secondary N) is 1. The molecule has 100 valence electrons. The van der Waals surface area contributed by atoms with Crippen molar-refractivity contribution in [2.75, 3.05) is 13.2 Å². The van der Waals surface area contributed by atoms with Crippen molar-refractivity contribution in [1.82, 2.24) is 5.32 Å². The molecule has 0 saturated carbocycles. The number of aliphatic hydroxyl groups excluding tert-OH is 1. The van der Waals surface area contributed by atoms with Crippen LogP contribution in [0, 0.1) is 0 Å². The number of carboxylic acid groups (broad SMARTS) is 1. The molecule has 5 N–H and O–H groups in total. The van der Waals surface area contributed by atoms with Crippen molar-refractivity contribution < 1.29 is 19.8 Å². The van der Waals surface area contributed by atoms with Gasteiger partial charge < -0.3 is 21.3 Å². The summed E-state index contributed by atoms with van der Waals surface area (Å²) in [4.78, 5) is 21.7. The zero-order valence-electron chi connectivity index (χ0n) is 10.0. The maximum absolute atomic E-state index is 11.4. The van der Waals surface area contributed by atoms with E-state index >= 15 is 0 Å². The third-order valence-corrected chi connectivity index (χ3v) is 2.39. The van der Waals surface area contributed by atoms with Crippen LogP contribution in [0.15, 0.2) is 0 Å². The van der Waals surface area contributed by atoms with E-state index in [1.54, 1.807) is 0 Å². The Balaban J connectivity index is 3.47. The SMILES string of the molecule is N[C@@H](CCC(=O)O)C(=O)NCCCCCCO. The van der Waals surface area contributed by atoms with Gasteiger partial charge in [0, 0.05) is 19.6 Å². The maximum Gasteiger partial charge on any atom is 0.303 e. The predicted molar refractivity (Wildman–Crippen MR) is 63.4 cm³/mol. The standard InChI is InChI=1S/C11H22N2O4/c12-9(5-6-10(15)16)11(17)13-7-3-1-2-4-8-14/h9,14H,1-8,12H2,(H,13,17)(H,15,16)/t9-/m0/s1. The molecular formula is C11H22N2O4. The molecule has 0 aromatic heterocycles. The smallest absolute Gasteiger partial charge is 0.303 e. The number of amides is 1. The quantitative estimate of drug-likeness (QED) is 0.400. The normalized spacial score (nSPS) is 12.1. The van der Waals surface area contributed by atoms with Gasteiger partial charge in [-0.05, 0) is 19.3 Å². The van der Waals surface area contributed by atoms with E-state index in [4.69, 9.17) is 15.9 Å². The van der Waals surface area contributed by atoms with Crippen LogP contribution in [0.25, 0.3) is 0 Å². The zero-order chi connectivity index (χ0) is 13.1. The average molecular weight is 246 g/mol. The summed E-state index contributed by atoms with van der Waals surface area (Å²) < 4.78 is 0. The summed E-state index contributed by atoms with van der Waals surface area (Å²) >= 11 is 0. The van der Waals surface area contributed by atoms with Crippen molar-refractivity contribution in [2.24, 2.45) is 5.73 Å². The Labute approximate surface area is 101 Å². The first kappa shape index (κ1) is 15.9. The second kappa shape index (κ2) is 10.0. The Kier molecular flexibility index (Phi) is 9.37. The summed E-state index contributed by atoms with van der Waals surface area (Å²) in [5.74, 6) is -1.24. The van der Waals surface area contributed by atoms with E-state index in [9.17, 15) is 9.59 Å². The largest absolute Gasteiger partial charge is 0.481 e. The number of carbonyl (C=O) groups is 2. The van der Waals surface area contributed by atoms with Gasteiger partial charge in [-0.3, -0.25) is 9.59 Å². The van der Waals surface area contributed by atoms with Gasteiger partial charge in [-0.25, -0.2) is 0 Å². The molecule has 0 saturated heterocycles. The molecule has 0 aliphatic rings. The van der Waals surface area contributed by atoms with Gasteiger partial charge in [0.25, 0.3) is 0 Å². The number of hydrogen-bond donors (Lipinski definition) is 4. The molecule has 0 rings (SSSR count). The molecule has 6 heteroatoms. The lowest BCUT2D eigenvalue weighted by molar-refractivity contribution is -0.137. The number of carbonyl (C=O) groups excluding carboxylic acids is 1. The molecular weight excluding hydrogens is 224 g/mol. The molecule has 0 aliphatic carbocycles. The van der Waals surface area contributed by atoms with Crippen LogP contribution >= 0.6 is 0 Å². The molecule has 0 spiro atoms. The van der Waals surface area contributed by atoms with Crippen molar-refractivity contribution in [2.45, 2.75) is 44.6 Å². The summed E-state index contributed by atoms with van der Waals surface area (Å²) in [6.45, 7) is 0.747. The minimum atomic E-state index is -0.947. The Morgan fingerprint density at radius 3 is 2.41 bits per heavy atom. The van der Waals surface area contributed by atoms with E-state index in [-0.39, 0.29) is 25.4 Å². The van der Waals surface area contributed by atoms with E-state index in [0.29, 0.717) is 6.54 Å². The minimum absolute atomic E-state index is 0.0922. The van der Waals surface area contributed by atoms with Crippen molar-refractivity contribution in [3.63, 3.8) is 0 Å². The highest BCUT2D eigenvalue weighted by molar-refractivity contribution is 5.82. The number of nitrogens with two attached hydrogens (primary N) is 1. The molecule has 17 heavy (non-hydrogen) atoms. The van der Waals surface area contributed by atoms with Crippen LogP contribution in [0.1, 0.15) is 38.5 Å². The van der Waals surface area contributed by atoms with Crippen LogP contribution in [0.4, 0.5) is 0 Å². The lowest BCUT2D eigenvalue weighted by atomic mass is 10.1. The highest BCUT2D eigenvalue weighted by atomic mass is 16.4. The van der Waals surface area contributed by atoms with Crippen LogP contribution < -0.4 is 11.1 Å². The number of carboxylic acids is 1. The molecule has 0 heterocycles. The van der Waals surface area contributed by atoms with Crippen molar-refractivity contribution in [3.8, 4) is 0 Å². The van der Waals surface area contributed by atoms with Crippen LogP contribution in [-0.4, -0.2) is 41.3 Å². The van der Waals surface area contributed by atoms with E-state index in [1.807, 2.05) is 0 Å². The number of aliphatic hydroxyl groups is 1. The molecule has 1 amide bonds. The predicted octanol–water partition coefficient (Wildman–Crippen LogP) is -0.153. The average Bonchev–Trinajstić information content (AvgIpc) is 2.30. The maximum atomic E-state index is 11.4. The van der Waals surface area contributed by atoms with Gasteiger partial charge in [0.1, 0.15) is 0 Å². The van der Waals surface area contributed by atoms with E-state index < -0.39 is 12.0 Å². The molecule has 0 radical (unpaired) electrons. The number of unbranched alkanes of at least 4 members (excludes halogenated alkanes) is 3. The third-order valence-electron chi connectivity index (χ3n) is 2.39. The van der Waals surface area contributed by atoms with Gasteiger partial charge in [-0.1, -0.05) is 12.8 Å². The lowest BCUT2D eigenvalue weighted by Gasteiger charge is -2.10. The summed E-state index contributed by atoms with van der Waals surface area (Å²) in [6.07, 6.45) is 3.59. The zero-order valence-corrected chi connectivity index (χ0v) is 10.0. The van der Waals surface area contributed by atoms with Gasteiger partial charge in [0.2, 0.25) is 5.91 Å². The first-order chi connectivity index (χ1) is 8.07. The second-order valence-corrected chi connectivity index (χ2v) is 3.97. The van der Waals surface area contributed by atoms with Gasteiger partial charge >= 0.3 is 5.97 Å². The fraction of sp³-hybridized carbons (Fsp3) is 0.818. The Bertz CT molecular complexity index is 234. The van der Waals surface area contributed by atoms with E-state index in [1.165, 1.54) is 0 Å². The molecule has 0 unspecified atom stereocenters. The van der Waals surface area contributed by atoms with Crippen molar-refractivity contribution in [1.29, 1.82) is 0 Å². The van der Waals surface area contributed by atoms with Crippen molar-refractivity contribution >= 4 is 11.9 Å². The monoisotopic (exact) mass is 246 g/mol. The molecule has 0 bridgehead atoms. The highest BCUT2D eigenvalue weighted by Gasteiger charge is 2.13.